The molecule has 0 aliphatic rings. The summed E-state index contributed by atoms with van der Waals surface area (Å²) >= 11 is 0. The number of aryl methyl sites for hydroxylation is 1. The van der Waals surface area contributed by atoms with Crippen LogP contribution >= 0.6 is 0 Å². The third kappa shape index (κ3) is 3.71. The summed E-state index contributed by atoms with van der Waals surface area (Å²) in [5.74, 6) is 0.935. The van der Waals surface area contributed by atoms with E-state index in [0.717, 1.165) is 24.2 Å². The minimum absolute atomic E-state index is 0.273. The summed E-state index contributed by atoms with van der Waals surface area (Å²) in [6.07, 6.45) is 2.30. The van der Waals surface area contributed by atoms with Gasteiger partial charge < -0.3 is 10.5 Å². The molecule has 3 nitrogen and oxygen atoms in total. The smallest absolute Gasteiger partial charge is 0.121 e. The van der Waals surface area contributed by atoms with E-state index < -0.39 is 0 Å². The van der Waals surface area contributed by atoms with E-state index in [1.54, 1.807) is 7.11 Å². The van der Waals surface area contributed by atoms with Gasteiger partial charge in [-0.1, -0.05) is 26.0 Å². The summed E-state index contributed by atoms with van der Waals surface area (Å²) in [7, 11) is 3.88. The van der Waals surface area contributed by atoms with Crippen molar-refractivity contribution in [1.29, 1.82) is 0 Å². The molecule has 0 saturated heterocycles. The lowest BCUT2D eigenvalue weighted by atomic mass is 10.00. The van der Waals surface area contributed by atoms with Crippen molar-refractivity contribution in [3.05, 3.63) is 29.3 Å². The van der Waals surface area contributed by atoms with Crippen LogP contribution in [0, 0.1) is 6.92 Å². The largest absolute Gasteiger partial charge is 0.496 e. The topological polar surface area (TPSA) is 38.5 Å². The summed E-state index contributed by atoms with van der Waals surface area (Å²) in [4.78, 5) is 2.40. The zero-order valence-electron chi connectivity index (χ0n) is 12.9. The molecule has 0 heterocycles. The van der Waals surface area contributed by atoms with Crippen LogP contribution in [0.4, 0.5) is 0 Å². The highest BCUT2D eigenvalue weighted by molar-refractivity contribution is 5.37. The molecular weight excluding hydrogens is 236 g/mol. The number of hydrogen-bond donors (Lipinski definition) is 1. The Bertz CT molecular complexity index is 388. The molecule has 0 aromatic heterocycles. The van der Waals surface area contributed by atoms with Gasteiger partial charge in [-0.25, -0.2) is 0 Å². The maximum atomic E-state index is 6.00. The zero-order chi connectivity index (χ0) is 14.4. The summed E-state index contributed by atoms with van der Waals surface area (Å²) < 4.78 is 5.32. The average molecular weight is 264 g/mol. The van der Waals surface area contributed by atoms with Gasteiger partial charge in [0, 0.05) is 18.6 Å². The van der Waals surface area contributed by atoms with E-state index >= 15 is 0 Å². The molecular formula is C16H28N2O. The highest BCUT2D eigenvalue weighted by atomic mass is 16.5. The number of benzene rings is 1. The fourth-order valence-electron chi connectivity index (χ4n) is 2.77. The molecule has 0 amide bonds. The van der Waals surface area contributed by atoms with Gasteiger partial charge in [0.1, 0.15) is 5.75 Å². The van der Waals surface area contributed by atoms with Crippen molar-refractivity contribution in [3.8, 4) is 5.75 Å². The van der Waals surface area contributed by atoms with E-state index in [0.29, 0.717) is 12.6 Å². The normalized spacial score (nSPS) is 13.1. The number of rotatable bonds is 7. The molecule has 1 atom stereocenters. The number of methoxy groups -OCH3 is 1. The quantitative estimate of drug-likeness (QED) is 0.822. The van der Waals surface area contributed by atoms with Crippen molar-refractivity contribution >= 4 is 0 Å². The Hall–Kier alpha value is -1.06. The second-order valence-electron chi connectivity index (χ2n) is 5.12. The molecule has 1 aromatic carbocycles. The number of nitrogens with zero attached hydrogens (tertiary/aromatic N) is 1. The molecule has 0 fully saturated rings. The minimum Gasteiger partial charge on any atom is -0.496 e. The molecule has 2 N–H and O–H groups in total. The van der Waals surface area contributed by atoms with Crippen molar-refractivity contribution in [1.82, 2.24) is 4.90 Å². The molecule has 1 aromatic rings. The Morgan fingerprint density at radius 3 is 2.32 bits per heavy atom. The van der Waals surface area contributed by atoms with Gasteiger partial charge in [0.25, 0.3) is 0 Å². The van der Waals surface area contributed by atoms with Crippen LogP contribution in [0.25, 0.3) is 0 Å². The minimum atomic E-state index is 0.273. The maximum Gasteiger partial charge on any atom is 0.121 e. The molecule has 3 heteroatoms. The molecule has 0 bridgehead atoms. The number of likely N-dealkylation sites (N-methyl/N-ethyl adjacent to an activating group) is 1. The zero-order valence-corrected chi connectivity index (χ0v) is 12.9. The third-order valence-corrected chi connectivity index (χ3v) is 4.04. The Morgan fingerprint density at radius 1 is 1.26 bits per heavy atom. The molecule has 0 radical (unpaired) electrons. The van der Waals surface area contributed by atoms with E-state index in [-0.39, 0.29) is 6.04 Å². The van der Waals surface area contributed by atoms with E-state index in [2.05, 4.69) is 44.9 Å². The van der Waals surface area contributed by atoms with E-state index in [1.807, 2.05) is 6.07 Å². The van der Waals surface area contributed by atoms with Crippen LogP contribution in [-0.4, -0.2) is 31.6 Å². The third-order valence-electron chi connectivity index (χ3n) is 4.04. The second-order valence-corrected chi connectivity index (χ2v) is 5.12. The molecule has 0 saturated carbocycles. The highest BCUT2D eigenvalue weighted by Gasteiger charge is 2.21. The molecule has 1 rings (SSSR count). The predicted octanol–water partition coefficient (Wildman–Crippen LogP) is 3.12. The first-order valence-electron chi connectivity index (χ1n) is 7.15. The number of hydrogen-bond acceptors (Lipinski definition) is 3. The van der Waals surface area contributed by atoms with Crippen molar-refractivity contribution in [2.24, 2.45) is 5.73 Å². The lowest BCUT2D eigenvalue weighted by Crippen LogP contribution is -2.38. The Labute approximate surface area is 117 Å². The Balaban J connectivity index is 2.99. The van der Waals surface area contributed by atoms with Crippen LogP contribution in [0.5, 0.6) is 5.75 Å². The van der Waals surface area contributed by atoms with Crippen LogP contribution in [-0.2, 0) is 0 Å². The van der Waals surface area contributed by atoms with Gasteiger partial charge >= 0.3 is 0 Å². The first-order chi connectivity index (χ1) is 9.08. The molecule has 108 valence electrons. The number of ether oxygens (including phenoxy) is 1. The Morgan fingerprint density at radius 2 is 1.89 bits per heavy atom. The first-order valence-corrected chi connectivity index (χ1v) is 7.15. The predicted molar refractivity (Wildman–Crippen MR) is 81.7 cm³/mol. The molecule has 0 aliphatic carbocycles. The van der Waals surface area contributed by atoms with Gasteiger partial charge in [-0.05, 0) is 44.0 Å². The van der Waals surface area contributed by atoms with Crippen LogP contribution in [0.2, 0.25) is 0 Å². The molecule has 0 spiro atoms. The maximum absolute atomic E-state index is 6.00. The van der Waals surface area contributed by atoms with Crippen molar-refractivity contribution in [2.75, 3.05) is 20.7 Å². The van der Waals surface area contributed by atoms with Gasteiger partial charge in [-0.3, -0.25) is 4.90 Å². The van der Waals surface area contributed by atoms with E-state index in [9.17, 15) is 0 Å². The summed E-state index contributed by atoms with van der Waals surface area (Å²) in [5.41, 5.74) is 8.44. The second kappa shape index (κ2) is 7.51. The fraction of sp³-hybridized carbons (Fsp3) is 0.625. The number of nitrogens with two attached hydrogens (primary N) is 1. The van der Waals surface area contributed by atoms with Crippen LogP contribution in [0.1, 0.15) is 43.9 Å². The van der Waals surface area contributed by atoms with Crippen LogP contribution in [0.15, 0.2) is 18.2 Å². The first kappa shape index (κ1) is 16.0. The molecule has 1 unspecified atom stereocenters. The van der Waals surface area contributed by atoms with Crippen molar-refractivity contribution in [2.45, 2.75) is 45.7 Å². The van der Waals surface area contributed by atoms with Crippen molar-refractivity contribution in [3.63, 3.8) is 0 Å². The molecule has 19 heavy (non-hydrogen) atoms. The summed E-state index contributed by atoms with van der Waals surface area (Å²) in [6.45, 7) is 7.18. The van der Waals surface area contributed by atoms with Crippen molar-refractivity contribution < 1.29 is 4.74 Å². The average Bonchev–Trinajstić information content (AvgIpc) is 2.41. The summed E-state index contributed by atoms with van der Waals surface area (Å²) in [6, 6.07) is 7.21. The summed E-state index contributed by atoms with van der Waals surface area (Å²) in [5, 5.41) is 0. The van der Waals surface area contributed by atoms with Gasteiger partial charge in [-0.2, -0.15) is 0 Å². The lowest BCUT2D eigenvalue weighted by Gasteiger charge is -2.34. The lowest BCUT2D eigenvalue weighted by molar-refractivity contribution is 0.167. The monoisotopic (exact) mass is 264 g/mol. The van der Waals surface area contributed by atoms with E-state index in [1.165, 1.54) is 5.56 Å². The Kier molecular flexibility index (Phi) is 6.32. The standard InChI is InChI=1S/C16H28N2O/c1-6-14(7-2)18(4)15(11-17)13-8-9-16(19-5)12(3)10-13/h8-10,14-15H,6-7,11,17H2,1-5H3. The highest BCUT2D eigenvalue weighted by Crippen LogP contribution is 2.27. The van der Waals surface area contributed by atoms with Gasteiger partial charge in [-0.15, -0.1) is 0 Å². The van der Waals surface area contributed by atoms with Gasteiger partial charge in [0.2, 0.25) is 0 Å². The fourth-order valence-corrected chi connectivity index (χ4v) is 2.77. The molecule has 0 aliphatic heterocycles. The van der Waals surface area contributed by atoms with E-state index in [4.69, 9.17) is 10.5 Å². The van der Waals surface area contributed by atoms with Gasteiger partial charge in [0.15, 0.2) is 0 Å². The SMILES string of the molecule is CCC(CC)N(C)C(CN)c1ccc(OC)c(C)c1. The van der Waals surface area contributed by atoms with Crippen LogP contribution in [0.3, 0.4) is 0 Å². The van der Waals surface area contributed by atoms with Gasteiger partial charge in [0.05, 0.1) is 7.11 Å². The van der Waals surface area contributed by atoms with Crippen LogP contribution < -0.4 is 10.5 Å².